The molecule has 1 atom stereocenters. The maximum atomic E-state index is 11.3. The van der Waals surface area contributed by atoms with Gasteiger partial charge in [-0.15, -0.1) is 0 Å². The van der Waals surface area contributed by atoms with Gasteiger partial charge in [-0.25, -0.2) is 0 Å². The van der Waals surface area contributed by atoms with Crippen LogP contribution in [0, 0.1) is 0 Å². The van der Waals surface area contributed by atoms with Crippen LogP contribution >= 0.6 is 0 Å². The third-order valence-electron chi connectivity index (χ3n) is 2.52. The average Bonchev–Trinajstić information content (AvgIpc) is 2.87. The van der Waals surface area contributed by atoms with Crippen molar-refractivity contribution in [1.29, 1.82) is 0 Å². The molecule has 15 heavy (non-hydrogen) atoms. The van der Waals surface area contributed by atoms with Gasteiger partial charge in [0.25, 0.3) is 0 Å². The van der Waals surface area contributed by atoms with E-state index >= 15 is 0 Å². The molecule has 1 fully saturated rings. The third-order valence-corrected chi connectivity index (χ3v) is 2.52. The van der Waals surface area contributed by atoms with Gasteiger partial charge in [0.05, 0.1) is 12.1 Å². The normalized spacial score (nSPS) is 19.7. The summed E-state index contributed by atoms with van der Waals surface area (Å²) in [6.07, 6.45) is 3.92. The molecule has 0 aromatic carbocycles. The molecule has 0 spiro atoms. The van der Waals surface area contributed by atoms with Gasteiger partial charge >= 0.3 is 0 Å². The Morgan fingerprint density at radius 2 is 2.20 bits per heavy atom. The van der Waals surface area contributed by atoms with E-state index in [0.29, 0.717) is 19.1 Å². The van der Waals surface area contributed by atoms with Gasteiger partial charge in [-0.05, 0) is 26.2 Å². The van der Waals surface area contributed by atoms with Gasteiger partial charge in [0.2, 0.25) is 5.91 Å². The maximum absolute atomic E-state index is 11.3. The molecule has 1 unspecified atom stereocenters. The molecule has 4 nitrogen and oxygen atoms in total. The van der Waals surface area contributed by atoms with Crippen molar-refractivity contribution in [3.05, 3.63) is 0 Å². The second-order valence-corrected chi connectivity index (χ2v) is 4.69. The van der Waals surface area contributed by atoms with Crippen molar-refractivity contribution in [3.63, 3.8) is 0 Å². The summed E-state index contributed by atoms with van der Waals surface area (Å²) in [5.74, 6) is 0.0322. The molecule has 88 valence electrons. The van der Waals surface area contributed by atoms with E-state index in [1.807, 2.05) is 6.92 Å². The first-order valence-corrected chi connectivity index (χ1v) is 5.76. The van der Waals surface area contributed by atoms with E-state index in [9.17, 15) is 9.90 Å². The van der Waals surface area contributed by atoms with Crippen molar-refractivity contribution < 1.29 is 9.90 Å². The summed E-state index contributed by atoms with van der Waals surface area (Å²) in [5.41, 5.74) is -0.700. The number of rotatable bonds is 7. The topological polar surface area (TPSA) is 61.4 Å². The summed E-state index contributed by atoms with van der Waals surface area (Å²) in [6, 6.07) is 0.412. The molecular formula is C11H22N2O2. The number of carbonyl (C=O) groups is 1. The molecular weight excluding hydrogens is 192 g/mol. The molecule has 1 aliphatic carbocycles. The van der Waals surface area contributed by atoms with Crippen LogP contribution in [-0.4, -0.2) is 35.7 Å². The Bertz CT molecular complexity index is 213. The van der Waals surface area contributed by atoms with Crippen LogP contribution in [-0.2, 0) is 4.79 Å². The summed E-state index contributed by atoms with van der Waals surface area (Å²) in [4.78, 5) is 11.3. The van der Waals surface area contributed by atoms with Crippen LogP contribution in [0.15, 0.2) is 0 Å². The zero-order valence-corrected chi connectivity index (χ0v) is 9.68. The van der Waals surface area contributed by atoms with E-state index in [0.717, 1.165) is 25.7 Å². The summed E-state index contributed by atoms with van der Waals surface area (Å²) in [5, 5.41) is 15.7. The Morgan fingerprint density at radius 3 is 2.73 bits per heavy atom. The van der Waals surface area contributed by atoms with E-state index in [4.69, 9.17) is 0 Å². The van der Waals surface area contributed by atoms with E-state index in [1.165, 1.54) is 0 Å². The number of hydrogen-bond donors (Lipinski definition) is 3. The lowest BCUT2D eigenvalue weighted by Crippen LogP contribution is -2.42. The van der Waals surface area contributed by atoms with Gasteiger partial charge < -0.3 is 15.7 Å². The minimum atomic E-state index is -0.700. The number of carbonyl (C=O) groups excluding carboxylic acids is 1. The highest BCUT2D eigenvalue weighted by atomic mass is 16.3. The van der Waals surface area contributed by atoms with Crippen molar-refractivity contribution in [3.8, 4) is 0 Å². The van der Waals surface area contributed by atoms with E-state index in [2.05, 4.69) is 10.6 Å². The smallest absolute Gasteiger partial charge is 0.234 e. The summed E-state index contributed by atoms with van der Waals surface area (Å²) in [7, 11) is 0. The quantitative estimate of drug-likeness (QED) is 0.575. The molecule has 0 heterocycles. The largest absolute Gasteiger partial charge is 0.389 e. The number of hydrogen-bond acceptors (Lipinski definition) is 3. The Labute approximate surface area is 91.4 Å². The highest BCUT2D eigenvalue weighted by Gasteiger charge is 2.23. The first kappa shape index (κ1) is 12.5. The van der Waals surface area contributed by atoms with E-state index in [1.54, 1.807) is 6.92 Å². The van der Waals surface area contributed by atoms with Crippen molar-refractivity contribution >= 4 is 5.91 Å². The number of nitrogens with one attached hydrogen (secondary N) is 2. The summed E-state index contributed by atoms with van der Waals surface area (Å²) < 4.78 is 0. The molecule has 4 heteroatoms. The first-order valence-electron chi connectivity index (χ1n) is 5.76. The monoisotopic (exact) mass is 214 g/mol. The van der Waals surface area contributed by atoms with Gasteiger partial charge in [0.1, 0.15) is 0 Å². The molecule has 0 saturated heterocycles. The van der Waals surface area contributed by atoms with E-state index in [-0.39, 0.29) is 5.91 Å². The standard InChI is InChI=1S/C11H22N2O2/c1-3-6-11(2,15)8-12-7-10(14)13-9-4-5-9/h9,12,15H,3-8H2,1-2H3,(H,13,14). The maximum Gasteiger partial charge on any atom is 0.234 e. The summed E-state index contributed by atoms with van der Waals surface area (Å²) in [6.45, 7) is 4.60. The molecule has 0 aromatic heterocycles. The van der Waals surface area contributed by atoms with Crippen LogP contribution in [0.4, 0.5) is 0 Å². The van der Waals surface area contributed by atoms with E-state index < -0.39 is 5.60 Å². The lowest BCUT2D eigenvalue weighted by molar-refractivity contribution is -0.120. The molecule has 1 saturated carbocycles. The van der Waals surface area contributed by atoms with Crippen LogP contribution < -0.4 is 10.6 Å². The fourth-order valence-corrected chi connectivity index (χ4v) is 1.58. The van der Waals surface area contributed by atoms with Crippen LogP contribution in [0.25, 0.3) is 0 Å². The van der Waals surface area contributed by atoms with Gasteiger partial charge in [0.15, 0.2) is 0 Å². The number of aliphatic hydroxyl groups is 1. The third kappa shape index (κ3) is 5.74. The predicted octanol–water partition coefficient (Wildman–Crippen LogP) is 0.406. The second-order valence-electron chi connectivity index (χ2n) is 4.69. The molecule has 1 rings (SSSR count). The minimum absolute atomic E-state index is 0.0322. The van der Waals surface area contributed by atoms with Gasteiger partial charge in [-0.3, -0.25) is 4.79 Å². The van der Waals surface area contributed by atoms with Crippen molar-refractivity contribution in [2.75, 3.05) is 13.1 Å². The Morgan fingerprint density at radius 1 is 1.53 bits per heavy atom. The molecule has 0 bridgehead atoms. The van der Waals surface area contributed by atoms with Crippen LogP contribution in [0.3, 0.4) is 0 Å². The first-order chi connectivity index (χ1) is 7.03. The Balaban J connectivity index is 2.05. The van der Waals surface area contributed by atoms with Gasteiger partial charge in [0, 0.05) is 12.6 Å². The molecule has 1 amide bonds. The van der Waals surface area contributed by atoms with Crippen molar-refractivity contribution in [1.82, 2.24) is 10.6 Å². The van der Waals surface area contributed by atoms with Crippen LogP contribution in [0.1, 0.15) is 39.5 Å². The minimum Gasteiger partial charge on any atom is -0.389 e. The fourth-order valence-electron chi connectivity index (χ4n) is 1.58. The molecule has 1 aliphatic rings. The lowest BCUT2D eigenvalue weighted by Gasteiger charge is -2.22. The van der Waals surface area contributed by atoms with Gasteiger partial charge in [-0.2, -0.15) is 0 Å². The van der Waals surface area contributed by atoms with Crippen molar-refractivity contribution in [2.24, 2.45) is 0 Å². The highest BCUT2D eigenvalue weighted by Crippen LogP contribution is 2.18. The fraction of sp³-hybridized carbons (Fsp3) is 0.909. The highest BCUT2D eigenvalue weighted by molar-refractivity contribution is 5.78. The molecule has 0 aliphatic heterocycles. The van der Waals surface area contributed by atoms with Crippen molar-refractivity contribution in [2.45, 2.75) is 51.2 Å². The molecule has 0 radical (unpaired) electrons. The lowest BCUT2D eigenvalue weighted by atomic mass is 10.0. The zero-order chi connectivity index (χ0) is 11.3. The summed E-state index contributed by atoms with van der Waals surface area (Å²) >= 11 is 0. The average molecular weight is 214 g/mol. The van der Waals surface area contributed by atoms with Gasteiger partial charge in [-0.1, -0.05) is 13.3 Å². The predicted molar refractivity (Wildman–Crippen MR) is 59.6 cm³/mol. The Hall–Kier alpha value is -0.610. The Kier molecular flexibility index (Phi) is 4.54. The van der Waals surface area contributed by atoms with Crippen LogP contribution in [0.5, 0.6) is 0 Å². The second kappa shape index (κ2) is 5.47. The molecule has 3 N–H and O–H groups in total. The SMILES string of the molecule is CCCC(C)(O)CNCC(=O)NC1CC1. The molecule has 0 aromatic rings. The number of amides is 1. The van der Waals surface area contributed by atoms with Crippen LogP contribution in [0.2, 0.25) is 0 Å². The zero-order valence-electron chi connectivity index (χ0n) is 9.68.